The van der Waals surface area contributed by atoms with E-state index >= 15 is 0 Å². The van der Waals surface area contributed by atoms with Crippen molar-refractivity contribution in [3.8, 4) is 11.8 Å². The van der Waals surface area contributed by atoms with Crippen molar-refractivity contribution in [3.05, 3.63) is 34.9 Å². The number of rotatable bonds is 1. The summed E-state index contributed by atoms with van der Waals surface area (Å²) in [6, 6.07) is 5.66. The average Bonchev–Trinajstić information content (AvgIpc) is 2.70. The molecule has 0 saturated carbocycles. The number of likely N-dealkylation sites (tertiary alicyclic amines) is 1. The minimum absolute atomic E-state index is 0.106. The molecule has 1 heterocycles. The van der Waals surface area contributed by atoms with Crippen LogP contribution < -0.4 is 0 Å². The summed E-state index contributed by atoms with van der Waals surface area (Å²) in [4.78, 5) is 14.7. The molecule has 1 aliphatic rings. The van der Waals surface area contributed by atoms with E-state index in [1.807, 2.05) is 30.0 Å². The third-order valence-corrected chi connectivity index (χ3v) is 4.08. The lowest BCUT2D eigenvalue weighted by Gasteiger charge is -2.21. The lowest BCUT2D eigenvalue weighted by atomic mass is 10.0. The highest BCUT2D eigenvalue weighted by Crippen LogP contribution is 2.20. The van der Waals surface area contributed by atoms with Crippen LogP contribution in [-0.4, -0.2) is 35.6 Å². The van der Waals surface area contributed by atoms with Crippen LogP contribution in [-0.2, 0) is 0 Å². The third kappa shape index (κ3) is 4.09. The molecule has 0 spiro atoms. The van der Waals surface area contributed by atoms with E-state index in [1.165, 1.54) is 6.42 Å². The number of nitrogens with zero attached hydrogens (tertiary/aromatic N) is 1. The average molecular weight is 285 g/mol. The first-order chi connectivity index (χ1) is 10.1. The number of aryl methyl sites for hydroxylation is 1. The molecule has 3 nitrogen and oxygen atoms in total. The predicted molar refractivity (Wildman–Crippen MR) is 84.1 cm³/mol. The monoisotopic (exact) mass is 285 g/mol. The fourth-order valence-corrected chi connectivity index (χ4v) is 2.71. The van der Waals surface area contributed by atoms with Crippen LogP contribution in [0.1, 0.15) is 47.7 Å². The fourth-order valence-electron chi connectivity index (χ4n) is 2.71. The summed E-state index contributed by atoms with van der Waals surface area (Å²) in [7, 11) is 0. The topological polar surface area (TPSA) is 40.5 Å². The first kappa shape index (κ1) is 15.6. The predicted octanol–water partition coefficient (Wildman–Crippen LogP) is 2.60. The molecular weight excluding hydrogens is 262 g/mol. The van der Waals surface area contributed by atoms with Crippen LogP contribution in [0.4, 0.5) is 0 Å². The zero-order valence-electron chi connectivity index (χ0n) is 12.9. The third-order valence-electron chi connectivity index (χ3n) is 4.08. The van der Waals surface area contributed by atoms with Gasteiger partial charge in [0.15, 0.2) is 0 Å². The van der Waals surface area contributed by atoms with E-state index in [0.717, 1.165) is 42.6 Å². The number of hydrogen-bond acceptors (Lipinski definition) is 2. The largest absolute Gasteiger partial charge is 0.384 e. The van der Waals surface area contributed by atoms with Crippen LogP contribution in [0.25, 0.3) is 0 Å². The van der Waals surface area contributed by atoms with Crippen LogP contribution >= 0.6 is 0 Å². The maximum Gasteiger partial charge on any atom is 0.254 e. The van der Waals surface area contributed by atoms with E-state index in [-0.39, 0.29) is 12.5 Å². The van der Waals surface area contributed by atoms with E-state index in [1.54, 1.807) is 0 Å². The first-order valence-corrected chi connectivity index (χ1v) is 7.61. The van der Waals surface area contributed by atoms with Gasteiger partial charge >= 0.3 is 0 Å². The number of aliphatic hydroxyl groups is 1. The molecule has 0 aliphatic carbocycles. The molecule has 1 saturated heterocycles. The molecular formula is C18H23NO2. The molecule has 1 N–H and O–H groups in total. The smallest absolute Gasteiger partial charge is 0.254 e. The number of benzene rings is 1. The minimum Gasteiger partial charge on any atom is -0.384 e. The van der Waals surface area contributed by atoms with E-state index in [9.17, 15) is 4.79 Å². The quantitative estimate of drug-likeness (QED) is 0.806. The van der Waals surface area contributed by atoms with Gasteiger partial charge in [0.1, 0.15) is 6.61 Å². The van der Waals surface area contributed by atoms with Crippen LogP contribution in [0.3, 0.4) is 0 Å². The van der Waals surface area contributed by atoms with E-state index in [0.29, 0.717) is 5.92 Å². The Hall–Kier alpha value is -1.79. The summed E-state index contributed by atoms with van der Waals surface area (Å²) >= 11 is 0. The van der Waals surface area contributed by atoms with Crippen LogP contribution in [0.2, 0.25) is 0 Å². The summed E-state index contributed by atoms with van der Waals surface area (Å²) in [6.45, 7) is 5.73. The highest BCUT2D eigenvalue weighted by Gasteiger charge is 2.21. The molecule has 1 aliphatic heterocycles. The number of amides is 1. The molecule has 1 fully saturated rings. The highest BCUT2D eigenvalue weighted by atomic mass is 16.2. The molecule has 112 valence electrons. The summed E-state index contributed by atoms with van der Waals surface area (Å²) in [5, 5.41) is 8.77. The second kappa shape index (κ2) is 7.28. The molecule has 21 heavy (non-hydrogen) atoms. The van der Waals surface area contributed by atoms with E-state index < -0.39 is 0 Å². The Morgan fingerprint density at radius 1 is 1.38 bits per heavy atom. The van der Waals surface area contributed by atoms with Gasteiger partial charge in [-0.05, 0) is 49.8 Å². The van der Waals surface area contributed by atoms with Gasteiger partial charge in [0.05, 0.1) is 0 Å². The van der Waals surface area contributed by atoms with Crippen molar-refractivity contribution in [1.29, 1.82) is 0 Å². The SMILES string of the molecule is Cc1ccc(C#CCO)cc1C(=O)N1CCCC(C)CC1. The standard InChI is InChI=1S/C18H23NO2/c1-14-5-3-10-19(11-9-14)18(21)17-13-16(6-4-12-20)8-7-15(17)2/h7-8,13-14,20H,3,5,9-12H2,1-2H3. The van der Waals surface area contributed by atoms with Gasteiger partial charge in [-0.15, -0.1) is 0 Å². The summed E-state index contributed by atoms with van der Waals surface area (Å²) in [5.74, 6) is 6.30. The zero-order chi connectivity index (χ0) is 15.2. The molecule has 1 amide bonds. The van der Waals surface area contributed by atoms with Gasteiger partial charge in [-0.1, -0.05) is 24.8 Å². The zero-order valence-corrected chi connectivity index (χ0v) is 12.9. The summed E-state index contributed by atoms with van der Waals surface area (Å²) in [5.41, 5.74) is 2.49. The molecule has 1 aromatic rings. The molecule has 1 aromatic carbocycles. The van der Waals surface area contributed by atoms with Crippen molar-refractivity contribution in [2.24, 2.45) is 5.92 Å². The maximum absolute atomic E-state index is 12.7. The van der Waals surface area contributed by atoms with Gasteiger partial charge < -0.3 is 10.0 Å². The van der Waals surface area contributed by atoms with Crippen molar-refractivity contribution in [2.45, 2.75) is 33.1 Å². The highest BCUT2D eigenvalue weighted by molar-refractivity contribution is 5.96. The lowest BCUT2D eigenvalue weighted by molar-refractivity contribution is 0.0759. The van der Waals surface area contributed by atoms with E-state index in [2.05, 4.69) is 18.8 Å². The number of hydrogen-bond donors (Lipinski definition) is 1. The Balaban J connectivity index is 2.21. The van der Waals surface area contributed by atoms with Crippen molar-refractivity contribution < 1.29 is 9.90 Å². The molecule has 2 rings (SSSR count). The normalized spacial score (nSPS) is 18.6. The Bertz CT molecular complexity index is 568. The molecule has 3 heteroatoms. The maximum atomic E-state index is 12.7. The van der Waals surface area contributed by atoms with Crippen LogP contribution in [0.15, 0.2) is 18.2 Å². The van der Waals surface area contributed by atoms with Gasteiger partial charge in [-0.3, -0.25) is 4.79 Å². The lowest BCUT2D eigenvalue weighted by Crippen LogP contribution is -2.32. The van der Waals surface area contributed by atoms with Crippen molar-refractivity contribution >= 4 is 5.91 Å². The molecule has 1 unspecified atom stereocenters. The van der Waals surface area contributed by atoms with E-state index in [4.69, 9.17) is 5.11 Å². The van der Waals surface area contributed by atoms with Gasteiger partial charge in [-0.25, -0.2) is 0 Å². The Labute approximate surface area is 127 Å². The number of carbonyl (C=O) groups is 1. The Kier molecular flexibility index (Phi) is 5.41. The number of carbonyl (C=O) groups excluding carboxylic acids is 1. The minimum atomic E-state index is -0.166. The van der Waals surface area contributed by atoms with Gasteiger partial charge in [-0.2, -0.15) is 0 Å². The van der Waals surface area contributed by atoms with Crippen molar-refractivity contribution in [1.82, 2.24) is 4.90 Å². The van der Waals surface area contributed by atoms with Gasteiger partial charge in [0.25, 0.3) is 5.91 Å². The molecule has 0 radical (unpaired) electrons. The molecule has 1 atom stereocenters. The second-order valence-corrected chi connectivity index (χ2v) is 5.82. The fraction of sp³-hybridized carbons (Fsp3) is 0.500. The van der Waals surface area contributed by atoms with Crippen molar-refractivity contribution in [3.63, 3.8) is 0 Å². The van der Waals surface area contributed by atoms with Gasteiger partial charge in [0.2, 0.25) is 0 Å². The summed E-state index contributed by atoms with van der Waals surface area (Å²) < 4.78 is 0. The molecule has 0 bridgehead atoms. The van der Waals surface area contributed by atoms with Crippen LogP contribution in [0, 0.1) is 24.7 Å². The Morgan fingerprint density at radius 2 is 2.19 bits per heavy atom. The molecule has 0 aromatic heterocycles. The summed E-state index contributed by atoms with van der Waals surface area (Å²) in [6.07, 6.45) is 3.36. The van der Waals surface area contributed by atoms with Crippen molar-refractivity contribution in [2.75, 3.05) is 19.7 Å². The first-order valence-electron chi connectivity index (χ1n) is 7.61. The second-order valence-electron chi connectivity index (χ2n) is 5.82. The number of aliphatic hydroxyl groups excluding tert-OH is 1. The Morgan fingerprint density at radius 3 is 2.95 bits per heavy atom. The van der Waals surface area contributed by atoms with Crippen LogP contribution in [0.5, 0.6) is 0 Å². The van der Waals surface area contributed by atoms with Gasteiger partial charge in [0, 0.05) is 24.2 Å².